The van der Waals surface area contributed by atoms with Crippen LogP contribution >= 0.6 is 0 Å². The normalized spacial score (nSPS) is 11.2. The second kappa shape index (κ2) is 4.83. The lowest BCUT2D eigenvalue weighted by atomic mass is 10.1. The molecule has 1 N–H and O–H groups in total. The molecule has 0 aliphatic rings. The summed E-state index contributed by atoms with van der Waals surface area (Å²) in [6, 6.07) is 13.7. The Bertz CT molecular complexity index is 1230. The van der Waals surface area contributed by atoms with Gasteiger partial charge in [0.05, 0.1) is 22.1 Å². The van der Waals surface area contributed by atoms with Gasteiger partial charge < -0.3 is 15.0 Å². The maximum absolute atomic E-state index is 13.0. The Labute approximate surface area is 135 Å². The molecule has 118 valence electrons. The molecule has 0 radical (unpaired) electrons. The van der Waals surface area contributed by atoms with Gasteiger partial charge >= 0.3 is 0 Å². The zero-order chi connectivity index (χ0) is 17.0. The minimum Gasteiger partial charge on any atom is -0.733 e. The number of rotatable bonds is 1. The number of imidazole rings is 1. The first kappa shape index (κ1) is 14.3. The second-order valence-electron chi connectivity index (χ2n) is 5.50. The van der Waals surface area contributed by atoms with Crippen LogP contribution in [0.3, 0.4) is 0 Å². The number of nitrogens with zero attached hydrogens (tertiary/aromatic N) is 4. The van der Waals surface area contributed by atoms with E-state index >= 15 is 0 Å². The smallest absolute Gasteiger partial charge is 0.264 e. The quantitative estimate of drug-likeness (QED) is 0.544. The Hall–Kier alpha value is -3.34. The second-order valence-corrected chi connectivity index (χ2v) is 5.50. The first-order valence-electron chi connectivity index (χ1n) is 7.16. The van der Waals surface area contributed by atoms with Gasteiger partial charge in [-0.3, -0.25) is 14.4 Å². The van der Waals surface area contributed by atoms with Crippen LogP contribution in [0.1, 0.15) is 5.56 Å². The number of aromatic nitrogens is 2. The lowest BCUT2D eigenvalue weighted by molar-refractivity contribution is 0.296. The van der Waals surface area contributed by atoms with Gasteiger partial charge in [0.15, 0.2) is 0 Å². The van der Waals surface area contributed by atoms with Crippen molar-refractivity contribution in [2.45, 2.75) is 0 Å². The summed E-state index contributed by atoms with van der Waals surface area (Å²) in [4.78, 5) is 13.0. The predicted octanol–water partition coefficient (Wildman–Crippen LogP) is 2.51. The van der Waals surface area contributed by atoms with Crippen molar-refractivity contribution in [3.63, 3.8) is 0 Å². The number of fused-ring (bicyclic) bond motifs is 4. The van der Waals surface area contributed by atoms with Crippen molar-refractivity contribution in [1.82, 2.24) is 8.97 Å². The minimum absolute atomic E-state index is 0.0660. The highest BCUT2D eigenvalue weighted by atomic mass is 16.8. The van der Waals surface area contributed by atoms with Crippen molar-refractivity contribution in [1.29, 1.82) is 5.26 Å². The highest BCUT2D eigenvalue weighted by Crippen LogP contribution is 2.27. The van der Waals surface area contributed by atoms with Crippen LogP contribution < -0.4 is 10.8 Å². The number of hydrogen-bond acceptors (Lipinski definition) is 5. The fourth-order valence-electron chi connectivity index (χ4n) is 3.20. The summed E-state index contributed by atoms with van der Waals surface area (Å²) in [5.74, 6) is 0. The Kier molecular flexibility index (Phi) is 2.87. The number of benzene rings is 2. The summed E-state index contributed by atoms with van der Waals surface area (Å²) in [5.41, 5.74) is 1.90. The molecule has 0 saturated carbocycles. The summed E-state index contributed by atoms with van der Waals surface area (Å²) >= 11 is 0. The number of para-hydroxylation sites is 2. The summed E-state index contributed by atoms with van der Waals surface area (Å²) in [6.45, 7) is 0. The van der Waals surface area contributed by atoms with Crippen molar-refractivity contribution in [2.24, 2.45) is 7.05 Å². The number of anilines is 1. The van der Waals surface area contributed by atoms with Gasteiger partial charge in [0.25, 0.3) is 5.56 Å². The van der Waals surface area contributed by atoms with E-state index in [-0.39, 0.29) is 21.9 Å². The van der Waals surface area contributed by atoms with Crippen molar-refractivity contribution >= 4 is 33.1 Å². The number of pyridine rings is 1. The standard InChI is InChI=1S/C17H11N4O3/c1-19-14-4-2-3-5-15(14)20-16(19)13(9-18)11-7-6-10(21(23)24)8-12(11)17(20)22/h2-8,23H,1H3/q-1. The van der Waals surface area contributed by atoms with Crippen LogP contribution in [0.25, 0.3) is 27.5 Å². The maximum Gasteiger partial charge on any atom is 0.264 e. The van der Waals surface area contributed by atoms with Gasteiger partial charge in [-0.2, -0.15) is 5.26 Å². The Morgan fingerprint density at radius 1 is 1.17 bits per heavy atom. The van der Waals surface area contributed by atoms with Crippen LogP contribution in [0, 0.1) is 16.5 Å². The van der Waals surface area contributed by atoms with Crippen molar-refractivity contribution < 1.29 is 5.21 Å². The van der Waals surface area contributed by atoms with E-state index in [1.165, 1.54) is 22.6 Å². The average molecular weight is 319 g/mol. The van der Waals surface area contributed by atoms with E-state index in [1.54, 1.807) is 17.7 Å². The molecular weight excluding hydrogens is 308 g/mol. The third-order valence-corrected chi connectivity index (χ3v) is 4.28. The summed E-state index contributed by atoms with van der Waals surface area (Å²) < 4.78 is 3.26. The number of aryl methyl sites for hydroxylation is 1. The molecule has 24 heavy (non-hydrogen) atoms. The molecule has 2 aromatic carbocycles. The van der Waals surface area contributed by atoms with Crippen LogP contribution in [0.5, 0.6) is 0 Å². The molecule has 0 aliphatic heterocycles. The van der Waals surface area contributed by atoms with E-state index in [9.17, 15) is 15.3 Å². The lowest BCUT2D eigenvalue weighted by Gasteiger charge is -2.21. The molecule has 0 unspecified atom stereocenters. The van der Waals surface area contributed by atoms with Gasteiger partial charge in [0.2, 0.25) is 0 Å². The zero-order valence-electron chi connectivity index (χ0n) is 12.6. The third-order valence-electron chi connectivity index (χ3n) is 4.28. The van der Waals surface area contributed by atoms with E-state index in [0.717, 1.165) is 5.52 Å². The molecule has 2 heterocycles. The molecule has 2 aromatic heterocycles. The number of hydrogen-bond donors (Lipinski definition) is 1. The molecule has 0 spiro atoms. The molecule has 0 saturated heterocycles. The molecule has 0 atom stereocenters. The first-order chi connectivity index (χ1) is 11.5. The van der Waals surface area contributed by atoms with Crippen LogP contribution in [0.2, 0.25) is 0 Å². The molecule has 4 aromatic rings. The minimum atomic E-state index is -0.348. The van der Waals surface area contributed by atoms with E-state index < -0.39 is 0 Å². The summed E-state index contributed by atoms with van der Waals surface area (Å²) in [6.07, 6.45) is 0. The van der Waals surface area contributed by atoms with Gasteiger partial charge in [0, 0.05) is 12.4 Å². The molecule has 0 fully saturated rings. The number of nitriles is 1. The Morgan fingerprint density at radius 3 is 2.54 bits per heavy atom. The van der Waals surface area contributed by atoms with Crippen LogP contribution in [0.15, 0.2) is 47.3 Å². The largest absolute Gasteiger partial charge is 0.733 e. The van der Waals surface area contributed by atoms with Gasteiger partial charge in [-0.05, 0) is 24.3 Å². The van der Waals surface area contributed by atoms with E-state index in [1.807, 2.05) is 18.2 Å². The van der Waals surface area contributed by atoms with Crippen molar-refractivity contribution in [3.05, 3.63) is 63.6 Å². The van der Waals surface area contributed by atoms with E-state index in [0.29, 0.717) is 22.1 Å². The predicted molar refractivity (Wildman–Crippen MR) is 90.0 cm³/mol. The monoisotopic (exact) mass is 319 g/mol. The fraction of sp³-hybridized carbons (Fsp3) is 0.0588. The molecule has 0 bridgehead atoms. The van der Waals surface area contributed by atoms with Gasteiger partial charge in [0.1, 0.15) is 17.3 Å². The third kappa shape index (κ3) is 1.69. The highest BCUT2D eigenvalue weighted by Gasteiger charge is 2.18. The van der Waals surface area contributed by atoms with Crippen LogP contribution in [0.4, 0.5) is 5.69 Å². The molecular formula is C17H11N4O3-. The summed E-state index contributed by atoms with van der Waals surface area (Å²) in [7, 11) is 1.80. The topological polar surface area (TPSA) is 96.7 Å². The van der Waals surface area contributed by atoms with Crippen LogP contribution in [-0.4, -0.2) is 14.2 Å². The van der Waals surface area contributed by atoms with Gasteiger partial charge in [-0.15, -0.1) is 0 Å². The Balaban J connectivity index is 2.36. The fourth-order valence-corrected chi connectivity index (χ4v) is 3.20. The summed E-state index contributed by atoms with van der Waals surface area (Å²) in [5, 5.41) is 30.2. The van der Waals surface area contributed by atoms with Crippen molar-refractivity contribution in [3.8, 4) is 6.07 Å². The molecule has 4 rings (SSSR count). The van der Waals surface area contributed by atoms with Crippen molar-refractivity contribution in [2.75, 3.05) is 5.23 Å². The van der Waals surface area contributed by atoms with E-state index in [4.69, 9.17) is 5.21 Å². The lowest BCUT2D eigenvalue weighted by Crippen LogP contribution is -2.16. The first-order valence-corrected chi connectivity index (χ1v) is 7.16. The molecule has 7 heteroatoms. The van der Waals surface area contributed by atoms with Gasteiger partial charge in [-0.1, -0.05) is 18.2 Å². The molecule has 7 nitrogen and oxygen atoms in total. The SMILES string of the molecule is Cn1c2ccccc2n2c(=O)c3cc(N([O-])O)ccc3c(C#N)c12. The van der Waals surface area contributed by atoms with Gasteiger partial charge in [-0.25, -0.2) is 0 Å². The van der Waals surface area contributed by atoms with Crippen LogP contribution in [-0.2, 0) is 7.05 Å². The molecule has 0 amide bonds. The molecule has 0 aliphatic carbocycles. The highest BCUT2D eigenvalue weighted by molar-refractivity contribution is 5.97. The maximum atomic E-state index is 13.0. The average Bonchev–Trinajstić information content (AvgIpc) is 2.89. The Morgan fingerprint density at radius 2 is 1.88 bits per heavy atom. The van der Waals surface area contributed by atoms with E-state index in [2.05, 4.69) is 6.07 Å². The zero-order valence-corrected chi connectivity index (χ0v) is 12.6.